The second-order valence-electron chi connectivity index (χ2n) is 13.3. The lowest BCUT2D eigenvalue weighted by atomic mass is 9.95. The van der Waals surface area contributed by atoms with Crippen molar-refractivity contribution < 1.29 is 4.39 Å². The van der Waals surface area contributed by atoms with Crippen molar-refractivity contribution in [1.29, 1.82) is 0 Å². The molecule has 252 valence electrons. The van der Waals surface area contributed by atoms with Crippen LogP contribution < -0.4 is 4.90 Å². The average Bonchev–Trinajstić information content (AvgIpc) is 3.06. The molecule has 0 spiro atoms. The highest BCUT2D eigenvalue weighted by molar-refractivity contribution is 5.85. The molecule has 48 heavy (non-hydrogen) atoms. The summed E-state index contributed by atoms with van der Waals surface area (Å²) in [6, 6.07) is 29.8. The van der Waals surface area contributed by atoms with E-state index in [0.717, 1.165) is 50.4 Å². The highest BCUT2D eigenvalue weighted by Crippen LogP contribution is 2.30. The molecule has 3 nitrogen and oxygen atoms in total. The zero-order valence-electron chi connectivity index (χ0n) is 29.0. The third-order valence-corrected chi connectivity index (χ3v) is 10.1. The van der Waals surface area contributed by atoms with E-state index in [1.165, 1.54) is 61.2 Å². The van der Waals surface area contributed by atoms with Crippen LogP contribution in [0.15, 0.2) is 91.1 Å². The van der Waals surface area contributed by atoms with Crippen LogP contribution in [0.1, 0.15) is 57.3 Å². The molecular weight excluding hydrogens is 636 g/mol. The van der Waals surface area contributed by atoms with Crippen LogP contribution in [0.4, 0.5) is 10.1 Å². The van der Waals surface area contributed by atoms with Gasteiger partial charge in [0.1, 0.15) is 5.82 Å². The Bertz CT molecular complexity index is 1800. The van der Waals surface area contributed by atoms with E-state index in [0.29, 0.717) is 6.04 Å². The molecule has 0 N–H and O–H groups in total. The molecule has 0 amide bonds. The van der Waals surface area contributed by atoms with Crippen LogP contribution in [0, 0.1) is 47.4 Å². The van der Waals surface area contributed by atoms with E-state index in [4.69, 9.17) is 4.98 Å². The molecular formula is C42H48Cl2FN3. The Balaban J connectivity index is 0.00000260. The number of hydrogen-bond acceptors (Lipinski definition) is 3. The van der Waals surface area contributed by atoms with Crippen LogP contribution in [-0.4, -0.2) is 29.0 Å². The van der Waals surface area contributed by atoms with Crippen molar-refractivity contribution in [3.05, 3.63) is 141 Å². The van der Waals surface area contributed by atoms with Crippen LogP contribution in [0.2, 0.25) is 0 Å². The summed E-state index contributed by atoms with van der Waals surface area (Å²) >= 11 is 0. The third-order valence-electron chi connectivity index (χ3n) is 10.1. The minimum absolute atomic E-state index is 0. The number of aromatic nitrogens is 1. The Kier molecular flexibility index (Phi) is 12.5. The zero-order chi connectivity index (χ0) is 32.4. The molecule has 0 atom stereocenters. The Morgan fingerprint density at radius 2 is 1.25 bits per heavy atom. The normalized spacial score (nSPS) is 13.5. The van der Waals surface area contributed by atoms with E-state index >= 15 is 0 Å². The topological polar surface area (TPSA) is 19.4 Å². The van der Waals surface area contributed by atoms with Gasteiger partial charge in [0, 0.05) is 49.7 Å². The standard InChI is InChI=1S/C42H46FN3.2ClH/c1-28-20-37(21-29(2)32(28)5)36-9-7-8-34(24-36)27-46(40-12-10-39(43)11-13-40)41-15-18-45(19-16-41)26-35-14-17-44-42(25-35)38-22-30(3)33(6)31(4)23-38;;/h7-14,17,20-25,41H,15-16,18-19,26-27H2,1-6H3;2*1H. The van der Waals surface area contributed by atoms with Gasteiger partial charge in [0.05, 0.1) is 5.69 Å². The van der Waals surface area contributed by atoms with Gasteiger partial charge in [-0.05, 0) is 165 Å². The number of halogens is 3. The minimum Gasteiger partial charge on any atom is -0.364 e. The van der Waals surface area contributed by atoms with Crippen molar-refractivity contribution in [2.45, 2.75) is 73.5 Å². The Labute approximate surface area is 299 Å². The maximum absolute atomic E-state index is 14.0. The molecule has 1 aromatic heterocycles. The number of nitrogens with zero attached hydrogens (tertiary/aromatic N) is 3. The smallest absolute Gasteiger partial charge is 0.123 e. The predicted molar refractivity (Wildman–Crippen MR) is 205 cm³/mol. The number of piperidine rings is 1. The van der Waals surface area contributed by atoms with Crippen LogP contribution >= 0.6 is 24.8 Å². The fourth-order valence-electron chi connectivity index (χ4n) is 6.87. The summed E-state index contributed by atoms with van der Waals surface area (Å²) in [4.78, 5) is 9.77. The molecule has 1 saturated heterocycles. The third kappa shape index (κ3) is 8.47. The van der Waals surface area contributed by atoms with E-state index in [2.05, 4.69) is 112 Å². The number of likely N-dealkylation sites (tertiary alicyclic amines) is 1. The van der Waals surface area contributed by atoms with E-state index in [1.807, 2.05) is 18.3 Å². The maximum Gasteiger partial charge on any atom is 0.123 e. The van der Waals surface area contributed by atoms with E-state index in [-0.39, 0.29) is 30.6 Å². The lowest BCUT2D eigenvalue weighted by molar-refractivity contribution is 0.201. The number of rotatable bonds is 8. The van der Waals surface area contributed by atoms with E-state index in [9.17, 15) is 4.39 Å². The Morgan fingerprint density at radius 3 is 1.85 bits per heavy atom. The lowest BCUT2D eigenvalue weighted by Crippen LogP contribution is -2.44. The molecule has 6 rings (SSSR count). The van der Waals surface area contributed by atoms with E-state index in [1.54, 1.807) is 12.1 Å². The molecule has 1 fully saturated rings. The molecule has 4 aromatic carbocycles. The van der Waals surface area contributed by atoms with Gasteiger partial charge in [-0.3, -0.25) is 9.88 Å². The largest absolute Gasteiger partial charge is 0.364 e. The van der Waals surface area contributed by atoms with Crippen LogP contribution in [0.25, 0.3) is 22.4 Å². The fourth-order valence-corrected chi connectivity index (χ4v) is 6.87. The molecule has 0 aliphatic carbocycles. The number of benzene rings is 4. The molecule has 0 unspecified atom stereocenters. The summed E-state index contributed by atoms with van der Waals surface area (Å²) in [7, 11) is 0. The average molecular weight is 685 g/mol. The predicted octanol–water partition coefficient (Wildman–Crippen LogP) is 10.9. The first-order valence-corrected chi connectivity index (χ1v) is 16.6. The highest BCUT2D eigenvalue weighted by Gasteiger charge is 2.26. The van der Waals surface area contributed by atoms with E-state index < -0.39 is 0 Å². The Hall–Kier alpha value is -3.70. The van der Waals surface area contributed by atoms with Crippen LogP contribution in [0.3, 0.4) is 0 Å². The molecule has 5 aromatic rings. The van der Waals surface area contributed by atoms with Crippen molar-refractivity contribution in [1.82, 2.24) is 9.88 Å². The summed E-state index contributed by atoms with van der Waals surface area (Å²) in [6.07, 6.45) is 4.06. The summed E-state index contributed by atoms with van der Waals surface area (Å²) in [6.45, 7) is 16.9. The van der Waals surface area contributed by atoms with Crippen molar-refractivity contribution in [3.8, 4) is 22.4 Å². The minimum atomic E-state index is -0.196. The number of pyridine rings is 1. The van der Waals surface area contributed by atoms with Crippen molar-refractivity contribution in [2.75, 3.05) is 18.0 Å². The fraction of sp³-hybridized carbons (Fsp3) is 0.310. The van der Waals surface area contributed by atoms with Gasteiger partial charge in [-0.15, -0.1) is 24.8 Å². The summed E-state index contributed by atoms with van der Waals surface area (Å²) < 4.78 is 14.0. The number of hydrogen-bond donors (Lipinski definition) is 0. The first kappa shape index (κ1) is 37.1. The SMILES string of the molecule is Cc1cc(-c2cccc(CN(c3ccc(F)cc3)C3CCN(Cc4ccnc(-c5cc(C)c(C)c(C)c5)c4)CC3)c2)cc(C)c1C.Cl.Cl. The molecule has 0 bridgehead atoms. The van der Waals surface area contributed by atoms with Gasteiger partial charge in [-0.25, -0.2) is 4.39 Å². The van der Waals surface area contributed by atoms with Gasteiger partial charge >= 0.3 is 0 Å². The van der Waals surface area contributed by atoms with Crippen molar-refractivity contribution >= 4 is 30.5 Å². The summed E-state index contributed by atoms with van der Waals surface area (Å²) in [5, 5.41) is 0. The van der Waals surface area contributed by atoms with Gasteiger partial charge in [0.2, 0.25) is 0 Å². The monoisotopic (exact) mass is 683 g/mol. The van der Waals surface area contributed by atoms with Crippen molar-refractivity contribution in [3.63, 3.8) is 0 Å². The quantitative estimate of drug-likeness (QED) is 0.162. The maximum atomic E-state index is 14.0. The van der Waals surface area contributed by atoms with Gasteiger partial charge in [0.25, 0.3) is 0 Å². The Morgan fingerprint density at radius 1 is 0.667 bits per heavy atom. The van der Waals surface area contributed by atoms with Gasteiger partial charge in [0.15, 0.2) is 0 Å². The first-order valence-electron chi connectivity index (χ1n) is 16.6. The number of aryl methyl sites for hydroxylation is 4. The first-order chi connectivity index (χ1) is 22.1. The summed E-state index contributed by atoms with van der Waals surface area (Å²) in [5.41, 5.74) is 16.3. The second kappa shape index (κ2) is 16.1. The molecule has 6 heteroatoms. The molecule has 1 aliphatic heterocycles. The van der Waals surface area contributed by atoms with Crippen molar-refractivity contribution in [2.24, 2.45) is 0 Å². The highest BCUT2D eigenvalue weighted by atomic mass is 35.5. The molecule has 0 saturated carbocycles. The summed E-state index contributed by atoms with van der Waals surface area (Å²) in [5.74, 6) is -0.196. The molecule has 2 heterocycles. The lowest BCUT2D eigenvalue weighted by Gasteiger charge is -2.40. The molecule has 1 aliphatic rings. The van der Waals surface area contributed by atoms with Gasteiger partial charge in [-0.1, -0.05) is 30.3 Å². The van der Waals surface area contributed by atoms with Gasteiger partial charge < -0.3 is 4.90 Å². The zero-order valence-corrected chi connectivity index (χ0v) is 30.6. The van der Waals surface area contributed by atoms with Crippen LogP contribution in [-0.2, 0) is 13.1 Å². The van der Waals surface area contributed by atoms with Gasteiger partial charge in [-0.2, -0.15) is 0 Å². The second-order valence-corrected chi connectivity index (χ2v) is 13.3. The molecule has 0 radical (unpaired) electrons. The van der Waals surface area contributed by atoms with Crippen LogP contribution in [0.5, 0.6) is 0 Å². The number of anilines is 1.